The van der Waals surface area contributed by atoms with Crippen LogP contribution < -0.4 is 5.32 Å². The number of halogens is 2. The Kier molecular flexibility index (Phi) is 11.6. The Hall–Kier alpha value is -3.20. The molecule has 1 amide bonds. The molecule has 1 aliphatic carbocycles. The third-order valence-electron chi connectivity index (χ3n) is 7.33. The van der Waals surface area contributed by atoms with Crippen LogP contribution >= 0.6 is 19.9 Å². The standard InChI is InChI=1S/C33H44F2N7O5PS/c1-9-44-23-12-10-22(11-13-23)42-18-25(29(40-42)28-24(34)14-15-27(35)39-28)37-30(43)26-19-49-31(38-26)21-16-36-41(17-21)20(2)45-48(46-32(3,4)5)47-33(6,7)8/h14-20,22-23H,9-13H2,1-8H3,(H,37,43). The zero-order chi connectivity index (χ0) is 35.5. The molecule has 0 saturated heterocycles. The maximum absolute atomic E-state index is 14.9. The SMILES string of the molecule is CCOC1CCC(n2cc(NC(=O)c3csc(-c4cnn(C(C)OP(OC(C)(C)C)OC(C)(C)C)c4)n3)c(-c3nc(F)ccc3F)n2)CC1. The van der Waals surface area contributed by atoms with Crippen molar-refractivity contribution >= 4 is 31.5 Å². The lowest BCUT2D eigenvalue weighted by Gasteiger charge is -2.31. The van der Waals surface area contributed by atoms with Gasteiger partial charge in [-0.1, -0.05) is 0 Å². The molecule has 49 heavy (non-hydrogen) atoms. The van der Waals surface area contributed by atoms with E-state index in [1.807, 2.05) is 55.4 Å². The van der Waals surface area contributed by atoms with Gasteiger partial charge >= 0.3 is 8.60 Å². The number of pyridine rings is 1. The second-order valence-electron chi connectivity index (χ2n) is 13.8. The molecule has 1 aliphatic rings. The van der Waals surface area contributed by atoms with Gasteiger partial charge in [-0.15, -0.1) is 11.3 Å². The van der Waals surface area contributed by atoms with Crippen LogP contribution in [0.3, 0.4) is 0 Å². The number of hydrogen-bond acceptors (Lipinski definition) is 10. The number of anilines is 1. The van der Waals surface area contributed by atoms with Gasteiger partial charge < -0.3 is 19.1 Å². The summed E-state index contributed by atoms with van der Waals surface area (Å²) in [6.07, 6.45) is 8.00. The van der Waals surface area contributed by atoms with Crippen LogP contribution in [-0.4, -0.2) is 59.3 Å². The summed E-state index contributed by atoms with van der Waals surface area (Å²) in [5.74, 6) is -2.14. The number of ether oxygens (including phenoxy) is 1. The van der Waals surface area contributed by atoms with E-state index in [0.717, 1.165) is 37.8 Å². The Morgan fingerprint density at radius 3 is 2.39 bits per heavy atom. The van der Waals surface area contributed by atoms with Crippen LogP contribution in [0.2, 0.25) is 0 Å². The van der Waals surface area contributed by atoms with Crippen LogP contribution in [0.5, 0.6) is 0 Å². The van der Waals surface area contributed by atoms with E-state index in [1.54, 1.807) is 33.3 Å². The minimum absolute atomic E-state index is 0.00286. The first-order valence-electron chi connectivity index (χ1n) is 16.3. The van der Waals surface area contributed by atoms with Crippen LogP contribution in [0, 0.1) is 11.8 Å². The van der Waals surface area contributed by atoms with Gasteiger partial charge in [0, 0.05) is 29.9 Å². The Labute approximate surface area is 290 Å². The minimum atomic E-state index is -1.69. The second-order valence-corrected chi connectivity index (χ2v) is 15.6. The van der Waals surface area contributed by atoms with Crippen LogP contribution in [-0.2, 0) is 18.3 Å². The second kappa shape index (κ2) is 15.4. The van der Waals surface area contributed by atoms with Gasteiger partial charge in [-0.2, -0.15) is 14.6 Å². The van der Waals surface area contributed by atoms with Gasteiger partial charge in [0.1, 0.15) is 22.1 Å². The maximum Gasteiger partial charge on any atom is 0.335 e. The lowest BCUT2D eigenvalue weighted by Crippen LogP contribution is -2.24. The molecule has 1 atom stereocenters. The van der Waals surface area contributed by atoms with Crippen molar-refractivity contribution in [2.45, 2.75) is 111 Å². The number of hydrogen-bond donors (Lipinski definition) is 1. The van der Waals surface area contributed by atoms with E-state index in [-0.39, 0.29) is 34.9 Å². The number of carbonyl (C=O) groups is 1. The van der Waals surface area contributed by atoms with Crippen molar-refractivity contribution < 1.29 is 31.9 Å². The van der Waals surface area contributed by atoms with E-state index < -0.39 is 43.7 Å². The lowest BCUT2D eigenvalue weighted by molar-refractivity contribution is 0.00546. The quantitative estimate of drug-likeness (QED) is 0.113. The van der Waals surface area contributed by atoms with Gasteiger partial charge in [0.25, 0.3) is 5.91 Å². The Morgan fingerprint density at radius 2 is 1.73 bits per heavy atom. The molecule has 5 rings (SSSR count). The number of amides is 1. The predicted octanol–water partition coefficient (Wildman–Crippen LogP) is 8.71. The van der Waals surface area contributed by atoms with Gasteiger partial charge in [-0.25, -0.2) is 19.0 Å². The molecule has 0 aliphatic heterocycles. The third-order valence-corrected chi connectivity index (χ3v) is 10.1. The van der Waals surface area contributed by atoms with E-state index in [0.29, 0.717) is 17.2 Å². The molecule has 0 bridgehead atoms. The van der Waals surface area contributed by atoms with Gasteiger partial charge in [0.2, 0.25) is 5.95 Å². The van der Waals surface area contributed by atoms with Gasteiger partial charge in [-0.3, -0.25) is 14.0 Å². The summed E-state index contributed by atoms with van der Waals surface area (Å²) in [4.78, 5) is 21.8. The molecule has 266 valence electrons. The first-order valence-corrected chi connectivity index (χ1v) is 18.3. The number of nitrogens with zero attached hydrogens (tertiary/aromatic N) is 6. The fourth-order valence-corrected chi connectivity index (χ4v) is 7.31. The van der Waals surface area contributed by atoms with Gasteiger partial charge in [0.05, 0.1) is 35.2 Å². The molecule has 1 fully saturated rings. The Bertz CT molecular complexity index is 1710. The minimum Gasteiger partial charge on any atom is -0.379 e. The number of nitrogens with one attached hydrogen (secondary N) is 1. The number of thiazole rings is 1. The van der Waals surface area contributed by atoms with Crippen molar-refractivity contribution in [3.8, 4) is 22.0 Å². The smallest absolute Gasteiger partial charge is 0.335 e. The summed E-state index contributed by atoms with van der Waals surface area (Å²) in [5, 5.41) is 14.0. The highest BCUT2D eigenvalue weighted by Crippen LogP contribution is 2.49. The van der Waals surface area contributed by atoms with Gasteiger partial charge in [-0.05, 0) is 93.2 Å². The zero-order valence-corrected chi connectivity index (χ0v) is 30.8. The highest BCUT2D eigenvalue weighted by Gasteiger charge is 2.30. The normalized spacial score (nSPS) is 17.9. The van der Waals surface area contributed by atoms with Crippen molar-refractivity contribution in [1.82, 2.24) is 29.5 Å². The highest BCUT2D eigenvalue weighted by atomic mass is 32.1. The molecular weight excluding hydrogens is 675 g/mol. The predicted molar refractivity (Wildman–Crippen MR) is 184 cm³/mol. The first-order chi connectivity index (χ1) is 23.1. The molecule has 4 aromatic heterocycles. The molecule has 0 radical (unpaired) electrons. The zero-order valence-electron chi connectivity index (χ0n) is 29.1. The Morgan fingerprint density at radius 1 is 1.04 bits per heavy atom. The third kappa shape index (κ3) is 9.95. The van der Waals surface area contributed by atoms with Crippen LogP contribution in [0.4, 0.5) is 14.5 Å². The van der Waals surface area contributed by atoms with E-state index in [2.05, 4.69) is 25.5 Å². The number of rotatable bonds is 12. The molecule has 1 unspecified atom stereocenters. The number of aromatic nitrogens is 6. The fraction of sp³-hybridized carbons (Fsp3) is 0.545. The average molecular weight is 720 g/mol. The number of carbonyl (C=O) groups excluding carboxylic acids is 1. The van der Waals surface area contributed by atoms with Crippen molar-refractivity contribution in [1.29, 1.82) is 0 Å². The molecule has 1 N–H and O–H groups in total. The molecular formula is C33H44F2N7O5PS. The van der Waals surface area contributed by atoms with Crippen molar-refractivity contribution in [2.75, 3.05) is 11.9 Å². The largest absolute Gasteiger partial charge is 0.379 e. The average Bonchev–Trinajstić information content (AvgIpc) is 3.77. The lowest BCUT2D eigenvalue weighted by atomic mass is 9.93. The Balaban J connectivity index is 1.32. The van der Waals surface area contributed by atoms with Crippen LogP contribution in [0.15, 0.2) is 36.1 Å². The molecule has 4 aromatic rings. The summed E-state index contributed by atoms with van der Waals surface area (Å²) in [6.45, 7) is 16.1. The molecule has 16 heteroatoms. The molecule has 1 saturated carbocycles. The molecule has 0 spiro atoms. The van der Waals surface area contributed by atoms with Gasteiger partial charge in [0.15, 0.2) is 12.0 Å². The van der Waals surface area contributed by atoms with Crippen molar-refractivity contribution in [2.24, 2.45) is 0 Å². The summed E-state index contributed by atoms with van der Waals surface area (Å²) < 4.78 is 56.4. The van der Waals surface area contributed by atoms with Crippen LogP contribution in [0.1, 0.15) is 104 Å². The van der Waals surface area contributed by atoms with E-state index >= 15 is 0 Å². The maximum atomic E-state index is 14.9. The summed E-state index contributed by atoms with van der Waals surface area (Å²) >= 11 is 1.27. The van der Waals surface area contributed by atoms with E-state index in [1.165, 1.54) is 11.3 Å². The summed E-state index contributed by atoms with van der Waals surface area (Å²) in [5.41, 5.74) is -0.185. The van der Waals surface area contributed by atoms with E-state index in [4.69, 9.17) is 18.3 Å². The summed E-state index contributed by atoms with van der Waals surface area (Å²) in [7, 11) is -1.69. The summed E-state index contributed by atoms with van der Waals surface area (Å²) in [6, 6.07) is 1.93. The molecule has 0 aromatic carbocycles. The van der Waals surface area contributed by atoms with Crippen molar-refractivity contribution in [3.63, 3.8) is 0 Å². The highest BCUT2D eigenvalue weighted by molar-refractivity contribution is 7.41. The molecule has 12 nitrogen and oxygen atoms in total. The van der Waals surface area contributed by atoms with Crippen LogP contribution in [0.25, 0.3) is 22.0 Å². The van der Waals surface area contributed by atoms with Crippen molar-refractivity contribution in [3.05, 3.63) is 53.6 Å². The fourth-order valence-electron chi connectivity index (χ4n) is 5.17. The molecule has 4 heterocycles. The monoisotopic (exact) mass is 719 g/mol. The topological polar surface area (TPSA) is 127 Å². The van der Waals surface area contributed by atoms with E-state index in [9.17, 15) is 13.6 Å². The first kappa shape index (κ1) is 37.1.